The molecule has 0 fully saturated rings. The van der Waals surface area contributed by atoms with Crippen LogP contribution in [0.4, 0.5) is 11.4 Å². The van der Waals surface area contributed by atoms with Gasteiger partial charge < -0.3 is 10.1 Å². The minimum atomic E-state index is -3.81. The smallest absolute Gasteiger partial charge is 0.265 e. The maximum Gasteiger partial charge on any atom is 0.265 e. The van der Waals surface area contributed by atoms with E-state index < -0.39 is 16.1 Å². The summed E-state index contributed by atoms with van der Waals surface area (Å²) < 4.78 is 35.3. The van der Waals surface area contributed by atoms with Crippen LogP contribution < -0.4 is 14.8 Å². The molecule has 0 saturated carbocycles. The van der Waals surface area contributed by atoms with Crippen molar-refractivity contribution in [2.45, 2.75) is 45.2 Å². The zero-order valence-corrected chi connectivity index (χ0v) is 15.3. The summed E-state index contributed by atoms with van der Waals surface area (Å²) in [5.41, 5.74) is 2.28. The van der Waals surface area contributed by atoms with Gasteiger partial charge in [-0.05, 0) is 39.8 Å². The number of benzene rings is 1. The van der Waals surface area contributed by atoms with Gasteiger partial charge >= 0.3 is 0 Å². The van der Waals surface area contributed by atoms with E-state index in [0.717, 1.165) is 5.69 Å². The van der Waals surface area contributed by atoms with Crippen LogP contribution in [0.5, 0.6) is 5.75 Å². The fraction of sp³-hybridized carbons (Fsp3) is 0.375. The number of hydrogen-bond donors (Lipinski definition) is 2. The summed E-state index contributed by atoms with van der Waals surface area (Å²) in [6.07, 6.45) is -0.675. The first kappa shape index (κ1) is 17.3. The van der Waals surface area contributed by atoms with E-state index in [9.17, 15) is 13.2 Å². The zero-order chi connectivity index (χ0) is 18.4. The van der Waals surface area contributed by atoms with Crippen molar-refractivity contribution in [3.8, 4) is 5.75 Å². The average molecular weight is 364 g/mol. The summed E-state index contributed by atoms with van der Waals surface area (Å²) in [6, 6.07) is 4.35. The SMILES string of the molecule is CCn1nc(C)c(NS(=O)(=O)c2ccc3c(c2)O[C@@H](C)C(=O)N3)c1C. The molecule has 9 heteroatoms. The van der Waals surface area contributed by atoms with Crippen molar-refractivity contribution < 1.29 is 17.9 Å². The highest BCUT2D eigenvalue weighted by atomic mass is 32.2. The Morgan fingerprint density at radius 3 is 2.72 bits per heavy atom. The third-order valence-corrected chi connectivity index (χ3v) is 5.46. The predicted octanol–water partition coefficient (Wildman–Crippen LogP) is 2.04. The molecule has 1 atom stereocenters. The van der Waals surface area contributed by atoms with Gasteiger partial charge in [0.25, 0.3) is 15.9 Å². The van der Waals surface area contributed by atoms with E-state index in [0.29, 0.717) is 29.4 Å². The maximum atomic E-state index is 12.7. The van der Waals surface area contributed by atoms with E-state index in [2.05, 4.69) is 15.1 Å². The molecule has 2 heterocycles. The molecule has 0 saturated heterocycles. The average Bonchev–Trinajstić information content (AvgIpc) is 2.82. The normalized spacial score (nSPS) is 16.8. The zero-order valence-electron chi connectivity index (χ0n) is 14.5. The maximum absolute atomic E-state index is 12.7. The molecule has 2 aromatic rings. The van der Waals surface area contributed by atoms with Crippen LogP contribution in [-0.4, -0.2) is 30.2 Å². The standard InChI is InChI=1S/C16H20N4O4S/c1-5-20-10(3)15(9(2)18-20)19-25(22,23)12-6-7-13-14(8-12)24-11(4)16(21)17-13/h6-8,11,19H,5H2,1-4H3,(H,17,21)/t11-/m0/s1. The second-order valence-electron chi connectivity index (χ2n) is 5.87. The third kappa shape index (κ3) is 3.07. The lowest BCUT2D eigenvalue weighted by Gasteiger charge is -2.23. The van der Waals surface area contributed by atoms with Gasteiger partial charge in [-0.2, -0.15) is 5.10 Å². The first-order chi connectivity index (χ1) is 11.7. The molecule has 1 amide bonds. The van der Waals surface area contributed by atoms with E-state index >= 15 is 0 Å². The Kier molecular flexibility index (Phi) is 4.19. The summed E-state index contributed by atoms with van der Waals surface area (Å²) in [5.74, 6) is 0.0622. The Bertz CT molecular complexity index is 949. The van der Waals surface area contributed by atoms with Crippen molar-refractivity contribution in [1.82, 2.24) is 9.78 Å². The van der Waals surface area contributed by atoms with Gasteiger partial charge in [0.2, 0.25) is 0 Å². The molecule has 0 unspecified atom stereocenters. The van der Waals surface area contributed by atoms with Gasteiger partial charge in [0, 0.05) is 12.6 Å². The van der Waals surface area contributed by atoms with Crippen LogP contribution in [0.15, 0.2) is 23.1 Å². The molecular weight excluding hydrogens is 344 g/mol. The van der Waals surface area contributed by atoms with Gasteiger partial charge in [-0.3, -0.25) is 14.2 Å². The van der Waals surface area contributed by atoms with Crippen molar-refractivity contribution in [1.29, 1.82) is 0 Å². The van der Waals surface area contributed by atoms with Crippen LogP contribution in [0.25, 0.3) is 0 Å². The summed E-state index contributed by atoms with van der Waals surface area (Å²) in [4.78, 5) is 11.7. The van der Waals surface area contributed by atoms with E-state index in [-0.39, 0.29) is 10.8 Å². The van der Waals surface area contributed by atoms with Crippen LogP contribution in [0.2, 0.25) is 0 Å². The number of hydrogen-bond acceptors (Lipinski definition) is 5. The van der Waals surface area contributed by atoms with Gasteiger partial charge in [-0.25, -0.2) is 8.42 Å². The van der Waals surface area contributed by atoms with Crippen LogP contribution >= 0.6 is 0 Å². The second kappa shape index (κ2) is 6.07. The minimum absolute atomic E-state index is 0.0534. The number of rotatable bonds is 4. The lowest BCUT2D eigenvalue weighted by Crippen LogP contribution is -2.34. The molecule has 25 heavy (non-hydrogen) atoms. The fourth-order valence-electron chi connectivity index (χ4n) is 2.69. The number of carbonyl (C=O) groups is 1. The molecule has 0 radical (unpaired) electrons. The van der Waals surface area contributed by atoms with Crippen molar-refractivity contribution in [2.24, 2.45) is 0 Å². The molecule has 1 aromatic heterocycles. The van der Waals surface area contributed by atoms with Crippen molar-refractivity contribution in [2.75, 3.05) is 10.0 Å². The van der Waals surface area contributed by atoms with Crippen molar-refractivity contribution in [3.63, 3.8) is 0 Å². The van der Waals surface area contributed by atoms with Gasteiger partial charge in [0.15, 0.2) is 6.10 Å². The Morgan fingerprint density at radius 1 is 1.36 bits per heavy atom. The number of sulfonamides is 1. The van der Waals surface area contributed by atoms with Crippen molar-refractivity contribution in [3.05, 3.63) is 29.6 Å². The fourth-order valence-corrected chi connectivity index (χ4v) is 3.89. The van der Waals surface area contributed by atoms with E-state index in [1.54, 1.807) is 18.5 Å². The van der Waals surface area contributed by atoms with E-state index in [4.69, 9.17) is 4.74 Å². The Morgan fingerprint density at radius 2 is 2.08 bits per heavy atom. The van der Waals surface area contributed by atoms with Gasteiger partial charge in [0.1, 0.15) is 5.75 Å². The lowest BCUT2D eigenvalue weighted by atomic mass is 10.2. The third-order valence-electron chi connectivity index (χ3n) is 4.11. The monoisotopic (exact) mass is 364 g/mol. The summed E-state index contributed by atoms with van der Waals surface area (Å²) >= 11 is 0. The molecule has 8 nitrogen and oxygen atoms in total. The molecule has 134 valence electrons. The number of nitrogens with one attached hydrogen (secondary N) is 2. The number of aryl methyl sites for hydroxylation is 2. The molecule has 1 aliphatic heterocycles. The quantitative estimate of drug-likeness (QED) is 0.864. The first-order valence-electron chi connectivity index (χ1n) is 7.91. The van der Waals surface area contributed by atoms with Crippen LogP contribution in [0, 0.1) is 13.8 Å². The topological polar surface area (TPSA) is 102 Å². The van der Waals surface area contributed by atoms with Crippen LogP contribution in [0.3, 0.4) is 0 Å². The molecular formula is C16H20N4O4S. The van der Waals surface area contributed by atoms with Gasteiger partial charge in [-0.1, -0.05) is 0 Å². The first-order valence-corrected chi connectivity index (χ1v) is 9.39. The molecule has 3 rings (SSSR count). The summed E-state index contributed by atoms with van der Waals surface area (Å²) in [6.45, 7) is 7.76. The molecule has 0 bridgehead atoms. The number of aromatic nitrogens is 2. The molecule has 2 N–H and O–H groups in total. The highest BCUT2D eigenvalue weighted by molar-refractivity contribution is 7.92. The Balaban J connectivity index is 1.95. The molecule has 0 spiro atoms. The number of anilines is 2. The molecule has 1 aliphatic rings. The second-order valence-corrected chi connectivity index (χ2v) is 7.56. The number of amides is 1. The largest absolute Gasteiger partial charge is 0.479 e. The Labute approximate surface area is 146 Å². The number of ether oxygens (including phenoxy) is 1. The number of nitrogens with zero attached hydrogens (tertiary/aromatic N) is 2. The van der Waals surface area contributed by atoms with Gasteiger partial charge in [0.05, 0.1) is 27.7 Å². The summed E-state index contributed by atoms with van der Waals surface area (Å²) in [5, 5.41) is 6.99. The predicted molar refractivity (Wildman–Crippen MR) is 93.3 cm³/mol. The van der Waals surface area contributed by atoms with Crippen LogP contribution in [0.1, 0.15) is 25.2 Å². The number of fused-ring (bicyclic) bond motifs is 1. The summed E-state index contributed by atoms with van der Waals surface area (Å²) in [7, 11) is -3.81. The molecule has 1 aromatic carbocycles. The van der Waals surface area contributed by atoms with E-state index in [1.807, 2.05) is 13.8 Å². The minimum Gasteiger partial charge on any atom is -0.479 e. The number of carbonyl (C=O) groups excluding carboxylic acids is 1. The van der Waals surface area contributed by atoms with E-state index in [1.165, 1.54) is 18.2 Å². The van der Waals surface area contributed by atoms with Gasteiger partial charge in [-0.15, -0.1) is 0 Å². The highest BCUT2D eigenvalue weighted by Gasteiger charge is 2.26. The Hall–Kier alpha value is -2.55. The highest BCUT2D eigenvalue weighted by Crippen LogP contribution is 2.33. The lowest BCUT2D eigenvalue weighted by molar-refractivity contribution is -0.122. The van der Waals surface area contributed by atoms with Crippen LogP contribution in [-0.2, 0) is 21.4 Å². The van der Waals surface area contributed by atoms with Crippen molar-refractivity contribution >= 4 is 27.3 Å². The molecule has 0 aliphatic carbocycles.